The maximum Gasteiger partial charge on any atom is 0.254 e. The Balaban J connectivity index is 1.33. The number of fused-ring (bicyclic) bond motifs is 1. The second-order valence-electron chi connectivity index (χ2n) is 9.77. The maximum atomic E-state index is 13.5. The summed E-state index contributed by atoms with van der Waals surface area (Å²) >= 11 is 0. The Kier molecular flexibility index (Phi) is 5.97. The van der Waals surface area contributed by atoms with E-state index in [1.54, 1.807) is 11.0 Å². The highest BCUT2D eigenvalue weighted by Gasteiger charge is 2.51. The van der Waals surface area contributed by atoms with Crippen molar-refractivity contribution in [3.05, 3.63) is 29.3 Å². The monoisotopic (exact) mass is 454 g/mol. The van der Waals surface area contributed by atoms with E-state index in [4.69, 9.17) is 0 Å². The molecule has 3 unspecified atom stereocenters. The molecule has 1 aliphatic carbocycles. The van der Waals surface area contributed by atoms with Gasteiger partial charge in [-0.3, -0.25) is 9.59 Å². The van der Waals surface area contributed by atoms with Crippen molar-refractivity contribution in [2.75, 3.05) is 25.0 Å². The molecule has 1 saturated carbocycles. The number of nitriles is 1. The highest BCUT2D eigenvalue weighted by molar-refractivity contribution is 5.96. The zero-order valence-corrected chi connectivity index (χ0v) is 18.9. The van der Waals surface area contributed by atoms with Crippen LogP contribution in [0.2, 0.25) is 0 Å². The lowest BCUT2D eigenvalue weighted by atomic mass is 9.90. The van der Waals surface area contributed by atoms with Crippen LogP contribution in [0.3, 0.4) is 0 Å². The number of anilines is 1. The van der Waals surface area contributed by atoms with Gasteiger partial charge in [0.05, 0.1) is 25.0 Å². The SMILES string of the molecule is Cc1cc(NC2NN([C@@H](CC#N)C3CC3)C3CCNC(=O)C23)ccc1C(=O)N1CC[C@H](F)C1. The van der Waals surface area contributed by atoms with Crippen LogP contribution in [-0.2, 0) is 4.79 Å². The largest absolute Gasteiger partial charge is 0.368 e. The van der Waals surface area contributed by atoms with Crippen molar-refractivity contribution >= 4 is 17.5 Å². The first-order valence-electron chi connectivity index (χ1n) is 12.0. The van der Waals surface area contributed by atoms with E-state index in [9.17, 15) is 19.2 Å². The molecule has 2 amide bonds. The predicted molar refractivity (Wildman–Crippen MR) is 121 cm³/mol. The molecule has 9 heteroatoms. The van der Waals surface area contributed by atoms with Gasteiger partial charge in [-0.25, -0.2) is 14.8 Å². The van der Waals surface area contributed by atoms with Crippen molar-refractivity contribution in [1.29, 1.82) is 5.26 Å². The third-order valence-electron chi connectivity index (χ3n) is 7.48. The van der Waals surface area contributed by atoms with Gasteiger partial charge >= 0.3 is 0 Å². The van der Waals surface area contributed by atoms with Crippen molar-refractivity contribution in [3.63, 3.8) is 0 Å². The topological polar surface area (TPSA) is 100 Å². The average Bonchev–Trinajstić information content (AvgIpc) is 3.44. The third-order valence-corrected chi connectivity index (χ3v) is 7.48. The smallest absolute Gasteiger partial charge is 0.254 e. The minimum atomic E-state index is -0.943. The minimum absolute atomic E-state index is 0.0172. The van der Waals surface area contributed by atoms with E-state index in [0.717, 1.165) is 30.5 Å². The van der Waals surface area contributed by atoms with E-state index in [1.165, 1.54) is 0 Å². The number of nitrogens with one attached hydrogen (secondary N) is 3. The zero-order chi connectivity index (χ0) is 23.1. The van der Waals surface area contributed by atoms with Crippen molar-refractivity contribution < 1.29 is 14.0 Å². The average molecular weight is 455 g/mol. The van der Waals surface area contributed by atoms with E-state index in [0.29, 0.717) is 37.4 Å². The van der Waals surface area contributed by atoms with E-state index < -0.39 is 6.17 Å². The molecule has 1 aromatic carbocycles. The summed E-state index contributed by atoms with van der Waals surface area (Å²) in [5.74, 6) is 0.110. The number of piperidine rings is 1. The number of nitrogens with zero attached hydrogens (tertiary/aromatic N) is 3. The summed E-state index contributed by atoms with van der Waals surface area (Å²) in [7, 11) is 0. The molecular formula is C24H31FN6O2. The lowest BCUT2D eigenvalue weighted by molar-refractivity contribution is -0.128. The number of aryl methyl sites for hydroxylation is 1. The molecule has 1 aromatic rings. The van der Waals surface area contributed by atoms with Crippen LogP contribution in [0, 0.1) is 30.1 Å². The molecule has 176 valence electrons. The highest BCUT2D eigenvalue weighted by Crippen LogP contribution is 2.41. The number of carbonyl (C=O) groups is 2. The van der Waals surface area contributed by atoms with Crippen LogP contribution >= 0.6 is 0 Å². The van der Waals surface area contributed by atoms with Gasteiger partial charge in [0.2, 0.25) is 5.91 Å². The lowest BCUT2D eigenvalue weighted by Crippen LogP contribution is -2.52. The molecule has 3 N–H and O–H groups in total. The van der Waals surface area contributed by atoms with E-state index >= 15 is 0 Å². The quantitative estimate of drug-likeness (QED) is 0.607. The second kappa shape index (κ2) is 8.92. The first-order chi connectivity index (χ1) is 16.0. The van der Waals surface area contributed by atoms with Crippen molar-refractivity contribution in [2.45, 2.75) is 63.4 Å². The first-order valence-corrected chi connectivity index (χ1v) is 12.0. The summed E-state index contributed by atoms with van der Waals surface area (Å²) in [4.78, 5) is 27.2. The fraction of sp³-hybridized carbons (Fsp3) is 0.625. The van der Waals surface area contributed by atoms with Gasteiger partial charge in [0, 0.05) is 36.4 Å². The Morgan fingerprint density at radius 2 is 2.15 bits per heavy atom. The molecule has 0 radical (unpaired) electrons. The van der Waals surface area contributed by atoms with Gasteiger partial charge in [0.25, 0.3) is 5.91 Å². The Bertz CT molecular complexity index is 976. The molecule has 5 atom stereocenters. The molecule has 0 bridgehead atoms. The fourth-order valence-corrected chi connectivity index (χ4v) is 5.61. The summed E-state index contributed by atoms with van der Waals surface area (Å²) in [5.41, 5.74) is 5.72. The lowest BCUT2D eigenvalue weighted by Gasteiger charge is -2.34. The highest BCUT2D eigenvalue weighted by atomic mass is 19.1. The molecule has 4 aliphatic rings. The predicted octanol–water partition coefficient (Wildman–Crippen LogP) is 1.93. The van der Waals surface area contributed by atoms with Crippen LogP contribution in [0.1, 0.15) is 48.0 Å². The number of amides is 2. The Morgan fingerprint density at radius 1 is 1.33 bits per heavy atom. The summed E-state index contributed by atoms with van der Waals surface area (Å²) < 4.78 is 13.5. The summed E-state index contributed by atoms with van der Waals surface area (Å²) in [6.07, 6.45) is 2.69. The van der Waals surface area contributed by atoms with Crippen molar-refractivity contribution in [1.82, 2.24) is 20.7 Å². The van der Waals surface area contributed by atoms with E-state index in [-0.39, 0.29) is 42.5 Å². The summed E-state index contributed by atoms with van der Waals surface area (Å²) in [5, 5.41) is 18.0. The first kappa shape index (κ1) is 22.1. The number of rotatable bonds is 6. The molecule has 3 saturated heterocycles. The number of hydrazine groups is 1. The van der Waals surface area contributed by atoms with Crippen LogP contribution in [0.25, 0.3) is 0 Å². The maximum absolute atomic E-state index is 13.5. The van der Waals surface area contributed by atoms with Crippen molar-refractivity contribution in [2.24, 2.45) is 11.8 Å². The van der Waals surface area contributed by atoms with Gasteiger partial charge < -0.3 is 15.5 Å². The molecule has 0 spiro atoms. The van der Waals surface area contributed by atoms with Gasteiger partial charge in [-0.2, -0.15) is 5.26 Å². The van der Waals surface area contributed by atoms with Crippen LogP contribution in [0.5, 0.6) is 0 Å². The van der Waals surface area contributed by atoms with Crippen LogP contribution in [0.4, 0.5) is 10.1 Å². The molecule has 3 heterocycles. The van der Waals surface area contributed by atoms with Crippen LogP contribution in [0.15, 0.2) is 18.2 Å². The number of hydrogen-bond donors (Lipinski definition) is 3. The second-order valence-corrected chi connectivity index (χ2v) is 9.77. The Morgan fingerprint density at radius 3 is 2.82 bits per heavy atom. The number of carbonyl (C=O) groups excluding carboxylic acids is 2. The molecule has 3 aliphatic heterocycles. The molecule has 33 heavy (non-hydrogen) atoms. The van der Waals surface area contributed by atoms with Gasteiger partial charge in [0.15, 0.2) is 0 Å². The number of hydrogen-bond acceptors (Lipinski definition) is 6. The number of likely N-dealkylation sites (tertiary alicyclic amines) is 1. The van der Waals surface area contributed by atoms with Gasteiger partial charge in [0.1, 0.15) is 12.3 Å². The van der Waals surface area contributed by atoms with E-state index in [1.807, 2.05) is 19.1 Å². The molecular weight excluding hydrogens is 423 g/mol. The van der Waals surface area contributed by atoms with Crippen LogP contribution in [-0.4, -0.2) is 65.8 Å². The van der Waals surface area contributed by atoms with Gasteiger partial charge in [-0.1, -0.05) is 0 Å². The summed E-state index contributed by atoms with van der Waals surface area (Å²) in [6, 6.07) is 8.01. The minimum Gasteiger partial charge on any atom is -0.368 e. The van der Waals surface area contributed by atoms with Crippen molar-refractivity contribution in [3.8, 4) is 6.07 Å². The Labute approximate surface area is 193 Å². The molecule has 8 nitrogen and oxygen atoms in total. The molecule has 5 rings (SSSR count). The standard InChI is InChI=1S/C24H31FN6O2/c1-14-12-17(4-5-18(14)24(33)30-11-8-16(25)13-30)28-22-21-20(7-10-27-23(21)32)31(29-22)19(6-9-26)15-2-3-15/h4-5,12,15-16,19-22,28-29H,2-3,6-8,10-11,13H2,1H3,(H,27,32)/t16-,19-,20?,21?,22?/m0/s1. The van der Waals surface area contributed by atoms with Gasteiger partial charge in [-0.05, 0) is 62.3 Å². The Hall–Kier alpha value is -2.70. The van der Waals surface area contributed by atoms with Crippen LogP contribution < -0.4 is 16.1 Å². The van der Waals surface area contributed by atoms with Gasteiger partial charge in [-0.15, -0.1) is 0 Å². The summed E-state index contributed by atoms with van der Waals surface area (Å²) in [6.45, 7) is 3.12. The molecule has 4 fully saturated rings. The molecule has 0 aromatic heterocycles. The number of halogens is 1. The number of benzene rings is 1. The fourth-order valence-electron chi connectivity index (χ4n) is 5.61. The zero-order valence-electron chi connectivity index (χ0n) is 18.9. The normalized spacial score (nSPS) is 30.5. The number of alkyl halides is 1. The third kappa shape index (κ3) is 4.30. The van der Waals surface area contributed by atoms with E-state index in [2.05, 4.69) is 27.1 Å².